The molecular weight excluding hydrogens is 276 g/mol. The van der Waals surface area contributed by atoms with Gasteiger partial charge in [0.05, 0.1) is 0 Å². The number of thioether (sulfide) groups is 1. The van der Waals surface area contributed by atoms with E-state index >= 15 is 0 Å². The van der Waals surface area contributed by atoms with E-state index in [2.05, 4.69) is 64.6 Å². The number of aromatic nitrogens is 2. The average molecular weight is 290 g/mol. The van der Waals surface area contributed by atoms with Crippen molar-refractivity contribution in [1.82, 2.24) is 9.97 Å². The van der Waals surface area contributed by atoms with Crippen LogP contribution in [0.4, 0.5) is 0 Å². The van der Waals surface area contributed by atoms with E-state index in [1.165, 1.54) is 21.2 Å². The van der Waals surface area contributed by atoms with E-state index in [0.717, 1.165) is 16.9 Å². The first-order chi connectivity index (χ1) is 10.4. The number of nitrogens with one attached hydrogen (secondary N) is 1. The number of aromatic amines is 1. The minimum absolute atomic E-state index is 0.959. The Bertz CT molecular complexity index is 897. The molecule has 0 saturated heterocycles. The van der Waals surface area contributed by atoms with E-state index in [9.17, 15) is 0 Å². The van der Waals surface area contributed by atoms with Crippen molar-refractivity contribution in [1.29, 1.82) is 0 Å². The number of hydrogen-bond acceptors (Lipinski definition) is 2. The van der Waals surface area contributed by atoms with Gasteiger partial charge in [-0.25, -0.2) is 4.98 Å². The first-order valence-corrected chi connectivity index (χ1v) is 7.92. The molecule has 0 fully saturated rings. The van der Waals surface area contributed by atoms with Crippen molar-refractivity contribution >= 4 is 33.7 Å². The quantitative estimate of drug-likeness (QED) is 0.537. The molecule has 0 spiro atoms. The Morgan fingerprint density at radius 1 is 0.905 bits per heavy atom. The van der Waals surface area contributed by atoms with Crippen molar-refractivity contribution in [3.8, 4) is 0 Å². The second-order valence-electron chi connectivity index (χ2n) is 4.98. The third kappa shape index (κ3) is 2.30. The molecule has 0 saturated carbocycles. The van der Waals surface area contributed by atoms with Gasteiger partial charge in [0.2, 0.25) is 0 Å². The highest BCUT2D eigenvalue weighted by atomic mass is 32.2. The van der Waals surface area contributed by atoms with Crippen molar-refractivity contribution in [3.05, 3.63) is 72.4 Å². The van der Waals surface area contributed by atoms with Crippen LogP contribution in [0, 0.1) is 0 Å². The number of rotatable bonds is 3. The fourth-order valence-corrected chi connectivity index (χ4v) is 3.66. The molecule has 3 heteroatoms. The molecule has 0 bridgehead atoms. The number of H-pyrrole nitrogens is 1. The van der Waals surface area contributed by atoms with Gasteiger partial charge in [-0.15, -0.1) is 11.8 Å². The third-order valence-electron chi connectivity index (χ3n) is 3.59. The zero-order chi connectivity index (χ0) is 14.1. The van der Waals surface area contributed by atoms with Crippen LogP contribution in [0.1, 0.15) is 5.56 Å². The van der Waals surface area contributed by atoms with E-state index in [-0.39, 0.29) is 0 Å². The van der Waals surface area contributed by atoms with Crippen LogP contribution in [0.5, 0.6) is 0 Å². The number of fused-ring (bicyclic) bond motifs is 3. The maximum absolute atomic E-state index is 4.41. The Balaban J connectivity index is 1.78. The van der Waals surface area contributed by atoms with Crippen LogP contribution >= 0.6 is 11.8 Å². The molecule has 0 aliphatic carbocycles. The topological polar surface area (TPSA) is 28.7 Å². The molecule has 0 atom stereocenters. The average Bonchev–Trinajstić information content (AvgIpc) is 2.93. The van der Waals surface area contributed by atoms with Crippen LogP contribution in [0.3, 0.4) is 0 Å². The van der Waals surface area contributed by atoms with Crippen LogP contribution in [0.2, 0.25) is 0 Å². The number of hydrogen-bond donors (Lipinski definition) is 1. The van der Waals surface area contributed by atoms with Gasteiger partial charge in [0.1, 0.15) is 5.65 Å². The van der Waals surface area contributed by atoms with Gasteiger partial charge in [-0.3, -0.25) is 0 Å². The minimum Gasteiger partial charge on any atom is -0.339 e. The number of benzene rings is 2. The van der Waals surface area contributed by atoms with Gasteiger partial charge in [-0.2, -0.15) is 0 Å². The summed E-state index contributed by atoms with van der Waals surface area (Å²) in [5.74, 6) is 0.979. The van der Waals surface area contributed by atoms with Crippen LogP contribution in [-0.2, 0) is 5.75 Å². The highest BCUT2D eigenvalue weighted by Gasteiger charge is 2.09. The summed E-state index contributed by atoms with van der Waals surface area (Å²) in [5.41, 5.74) is 3.46. The van der Waals surface area contributed by atoms with Crippen LogP contribution in [0.25, 0.3) is 21.9 Å². The third-order valence-corrected chi connectivity index (χ3v) is 4.72. The van der Waals surface area contributed by atoms with Crippen molar-refractivity contribution in [3.63, 3.8) is 0 Å². The zero-order valence-corrected chi connectivity index (χ0v) is 12.2. The lowest BCUT2D eigenvalue weighted by molar-refractivity contribution is 1.35. The van der Waals surface area contributed by atoms with Gasteiger partial charge in [-0.05, 0) is 29.8 Å². The van der Waals surface area contributed by atoms with Crippen LogP contribution in [-0.4, -0.2) is 9.97 Å². The summed E-state index contributed by atoms with van der Waals surface area (Å²) in [5, 5.41) is 2.48. The Morgan fingerprint density at radius 3 is 2.71 bits per heavy atom. The number of nitrogens with zero attached hydrogens (tertiary/aromatic N) is 1. The first kappa shape index (κ1) is 12.5. The zero-order valence-electron chi connectivity index (χ0n) is 11.4. The molecule has 0 unspecified atom stereocenters. The molecule has 0 radical (unpaired) electrons. The molecule has 0 amide bonds. The number of pyridine rings is 1. The van der Waals surface area contributed by atoms with E-state index < -0.39 is 0 Å². The summed E-state index contributed by atoms with van der Waals surface area (Å²) in [4.78, 5) is 9.11. The van der Waals surface area contributed by atoms with E-state index in [4.69, 9.17) is 0 Å². The standard InChI is InChI=1S/C18H14N2S/c1-2-6-13(7-3-1)12-21-16-10-4-9-15-17(16)14-8-5-11-19-18(14)20-15/h1-11H,12H2,(H,19,20). The molecule has 2 nitrogen and oxygen atoms in total. The molecular formula is C18H14N2S. The van der Waals surface area contributed by atoms with Gasteiger partial charge in [0, 0.05) is 33.1 Å². The van der Waals surface area contributed by atoms with Crippen LogP contribution in [0.15, 0.2) is 71.8 Å². The van der Waals surface area contributed by atoms with Crippen molar-refractivity contribution in [2.45, 2.75) is 10.6 Å². The highest BCUT2D eigenvalue weighted by Crippen LogP contribution is 2.34. The van der Waals surface area contributed by atoms with E-state index in [1.807, 2.05) is 24.0 Å². The molecule has 4 rings (SSSR count). The molecule has 2 aromatic heterocycles. The molecule has 21 heavy (non-hydrogen) atoms. The maximum Gasteiger partial charge on any atom is 0.138 e. The smallest absolute Gasteiger partial charge is 0.138 e. The fourth-order valence-electron chi connectivity index (χ4n) is 2.60. The summed E-state index contributed by atoms with van der Waals surface area (Å²) in [7, 11) is 0. The molecule has 2 heterocycles. The van der Waals surface area contributed by atoms with Crippen molar-refractivity contribution in [2.24, 2.45) is 0 Å². The molecule has 102 valence electrons. The molecule has 2 aromatic carbocycles. The summed E-state index contributed by atoms with van der Waals surface area (Å²) in [6.07, 6.45) is 1.83. The normalized spacial score (nSPS) is 11.2. The molecule has 0 aliphatic rings. The van der Waals surface area contributed by atoms with Gasteiger partial charge in [0.15, 0.2) is 0 Å². The Hall–Kier alpha value is -2.26. The first-order valence-electron chi connectivity index (χ1n) is 6.94. The monoisotopic (exact) mass is 290 g/mol. The minimum atomic E-state index is 0.959. The van der Waals surface area contributed by atoms with Gasteiger partial charge < -0.3 is 4.98 Å². The maximum atomic E-state index is 4.41. The van der Waals surface area contributed by atoms with Gasteiger partial charge >= 0.3 is 0 Å². The predicted octanol–water partition coefficient (Wildman–Crippen LogP) is 5.01. The van der Waals surface area contributed by atoms with Crippen molar-refractivity contribution in [2.75, 3.05) is 0 Å². The SMILES string of the molecule is c1ccc(CSc2cccc3[nH]c4ncccc4c23)cc1. The van der Waals surface area contributed by atoms with Crippen LogP contribution < -0.4 is 0 Å². The fraction of sp³-hybridized carbons (Fsp3) is 0.0556. The van der Waals surface area contributed by atoms with Gasteiger partial charge in [0.25, 0.3) is 0 Å². The lowest BCUT2D eigenvalue weighted by Crippen LogP contribution is -1.80. The Labute approximate surface area is 127 Å². The molecule has 4 aromatic rings. The summed E-state index contributed by atoms with van der Waals surface area (Å²) in [6, 6.07) is 21.1. The van der Waals surface area contributed by atoms with Crippen molar-refractivity contribution < 1.29 is 0 Å². The highest BCUT2D eigenvalue weighted by molar-refractivity contribution is 7.98. The van der Waals surface area contributed by atoms with E-state index in [1.54, 1.807) is 0 Å². The summed E-state index contributed by atoms with van der Waals surface area (Å²) < 4.78 is 0. The lowest BCUT2D eigenvalue weighted by Gasteiger charge is -2.04. The molecule has 0 aliphatic heterocycles. The molecule has 1 N–H and O–H groups in total. The second-order valence-corrected chi connectivity index (χ2v) is 5.99. The Morgan fingerprint density at radius 2 is 1.81 bits per heavy atom. The summed E-state index contributed by atoms with van der Waals surface area (Å²) in [6.45, 7) is 0. The van der Waals surface area contributed by atoms with Gasteiger partial charge in [-0.1, -0.05) is 36.4 Å². The second kappa shape index (κ2) is 5.26. The summed E-state index contributed by atoms with van der Waals surface area (Å²) >= 11 is 1.87. The largest absolute Gasteiger partial charge is 0.339 e. The van der Waals surface area contributed by atoms with E-state index in [0.29, 0.717) is 0 Å². The predicted molar refractivity (Wildman–Crippen MR) is 89.6 cm³/mol. The Kier molecular flexibility index (Phi) is 3.13. The lowest BCUT2D eigenvalue weighted by atomic mass is 10.2.